The van der Waals surface area contributed by atoms with E-state index in [0.717, 1.165) is 6.07 Å². The van der Waals surface area contributed by atoms with E-state index >= 15 is 0 Å². The number of hydrogen-bond donors (Lipinski definition) is 0. The molecule has 0 aliphatic rings. The fourth-order valence-electron chi connectivity index (χ4n) is 1.94. The van der Waals surface area contributed by atoms with Gasteiger partial charge in [-0.2, -0.15) is 13.2 Å². The van der Waals surface area contributed by atoms with E-state index in [1.54, 1.807) is 0 Å². The lowest BCUT2D eigenvalue weighted by molar-refractivity contribution is -0.137. The monoisotopic (exact) mass is 346 g/mol. The highest BCUT2D eigenvalue weighted by atomic mass is 19.4. The summed E-state index contributed by atoms with van der Waals surface area (Å²) < 4.78 is 74.3. The quantitative estimate of drug-likeness (QED) is 0.547. The minimum absolute atomic E-state index is 0.0114. The number of carbonyl (C=O) groups excluding carboxylic acids is 1. The lowest BCUT2D eigenvalue weighted by atomic mass is 10.1. The molecule has 0 radical (unpaired) electrons. The second kappa shape index (κ2) is 6.86. The van der Waals surface area contributed by atoms with E-state index in [1.165, 1.54) is 25.3 Å². The Kier molecular flexibility index (Phi) is 5.06. The number of alkyl halides is 5. The minimum atomic E-state index is -4.80. The molecule has 24 heavy (non-hydrogen) atoms. The van der Waals surface area contributed by atoms with E-state index in [4.69, 9.17) is 9.47 Å². The number of benzene rings is 2. The predicted molar refractivity (Wildman–Crippen MR) is 74.9 cm³/mol. The molecule has 0 saturated carbocycles. The van der Waals surface area contributed by atoms with Crippen molar-refractivity contribution >= 4 is 6.29 Å². The van der Waals surface area contributed by atoms with E-state index in [0.29, 0.717) is 18.4 Å². The number of rotatable bonds is 5. The smallest absolute Gasteiger partial charge is 0.416 e. The van der Waals surface area contributed by atoms with E-state index in [-0.39, 0.29) is 17.1 Å². The summed E-state index contributed by atoms with van der Waals surface area (Å²) >= 11 is 0. The summed E-state index contributed by atoms with van der Waals surface area (Å²) in [6.07, 6.45) is -7.34. The minimum Gasteiger partial charge on any atom is -0.493 e. The molecule has 0 unspecified atom stereocenters. The predicted octanol–water partition coefficient (Wildman–Crippen LogP) is 5.26. The van der Waals surface area contributed by atoms with Crippen molar-refractivity contribution in [3.63, 3.8) is 0 Å². The molecule has 0 aromatic heterocycles. The average molecular weight is 346 g/mol. The topological polar surface area (TPSA) is 35.5 Å². The van der Waals surface area contributed by atoms with E-state index in [1.807, 2.05) is 0 Å². The van der Waals surface area contributed by atoms with E-state index < -0.39 is 29.5 Å². The lowest BCUT2D eigenvalue weighted by Crippen LogP contribution is -2.06. The van der Waals surface area contributed by atoms with Crippen LogP contribution >= 0.6 is 0 Å². The number of carbonyl (C=O) groups is 1. The van der Waals surface area contributed by atoms with Gasteiger partial charge >= 0.3 is 6.18 Å². The van der Waals surface area contributed by atoms with Gasteiger partial charge in [-0.1, -0.05) is 0 Å². The molecule has 2 rings (SSSR count). The molecular formula is C16H11F5O3. The third kappa shape index (κ3) is 4.01. The molecule has 8 heteroatoms. The highest BCUT2D eigenvalue weighted by Gasteiger charge is 2.32. The Morgan fingerprint density at radius 2 is 1.75 bits per heavy atom. The molecule has 0 spiro atoms. The maximum atomic E-state index is 12.8. The molecule has 0 atom stereocenters. The Morgan fingerprint density at radius 1 is 1.04 bits per heavy atom. The van der Waals surface area contributed by atoms with Crippen LogP contribution in [-0.4, -0.2) is 13.4 Å². The molecule has 0 heterocycles. The van der Waals surface area contributed by atoms with Crippen molar-refractivity contribution in [1.82, 2.24) is 0 Å². The Morgan fingerprint density at radius 3 is 2.29 bits per heavy atom. The van der Waals surface area contributed by atoms with Gasteiger partial charge in [-0.25, -0.2) is 8.78 Å². The van der Waals surface area contributed by atoms with Crippen LogP contribution in [0.2, 0.25) is 0 Å². The van der Waals surface area contributed by atoms with Gasteiger partial charge < -0.3 is 9.47 Å². The highest BCUT2D eigenvalue weighted by Crippen LogP contribution is 2.38. The molecule has 2 aromatic rings. The van der Waals surface area contributed by atoms with Crippen LogP contribution in [0.25, 0.3) is 0 Å². The van der Waals surface area contributed by atoms with Crippen molar-refractivity contribution in [3.05, 3.63) is 53.1 Å². The van der Waals surface area contributed by atoms with Crippen molar-refractivity contribution < 1.29 is 36.2 Å². The Hall–Kier alpha value is -2.64. The molecule has 3 nitrogen and oxygen atoms in total. The number of methoxy groups -OCH3 is 1. The average Bonchev–Trinajstić information content (AvgIpc) is 2.54. The summed E-state index contributed by atoms with van der Waals surface area (Å²) in [6, 6.07) is 5.75. The van der Waals surface area contributed by atoms with Gasteiger partial charge in [0.15, 0.2) is 11.5 Å². The van der Waals surface area contributed by atoms with Crippen LogP contribution in [0.1, 0.15) is 27.9 Å². The highest BCUT2D eigenvalue weighted by molar-refractivity contribution is 5.76. The first kappa shape index (κ1) is 17.7. The molecule has 0 saturated heterocycles. The van der Waals surface area contributed by atoms with Crippen LogP contribution < -0.4 is 9.47 Å². The van der Waals surface area contributed by atoms with Crippen molar-refractivity contribution in [3.8, 4) is 17.2 Å². The van der Waals surface area contributed by atoms with Crippen molar-refractivity contribution in [1.29, 1.82) is 0 Å². The first-order chi connectivity index (χ1) is 11.2. The zero-order valence-electron chi connectivity index (χ0n) is 12.2. The molecular weight excluding hydrogens is 335 g/mol. The van der Waals surface area contributed by atoms with Crippen LogP contribution in [0.3, 0.4) is 0 Å². The summed E-state index contributed by atoms with van der Waals surface area (Å²) in [5.74, 6) is -0.351. The maximum absolute atomic E-state index is 12.8. The fourth-order valence-corrected chi connectivity index (χ4v) is 1.94. The number of aldehydes is 1. The van der Waals surface area contributed by atoms with Gasteiger partial charge in [0.1, 0.15) is 12.0 Å². The zero-order chi connectivity index (χ0) is 17.9. The lowest BCUT2D eigenvalue weighted by Gasteiger charge is -2.14. The molecule has 2 aromatic carbocycles. The van der Waals surface area contributed by atoms with Crippen molar-refractivity contribution in [2.24, 2.45) is 0 Å². The van der Waals surface area contributed by atoms with Gasteiger partial charge in [-0.15, -0.1) is 0 Å². The zero-order valence-corrected chi connectivity index (χ0v) is 12.2. The van der Waals surface area contributed by atoms with Gasteiger partial charge in [-0.3, -0.25) is 4.79 Å². The SMILES string of the molecule is COc1cc(C=O)ccc1Oc1cc(C(F)F)cc(C(F)(F)F)c1. The van der Waals surface area contributed by atoms with Crippen molar-refractivity contribution in [2.75, 3.05) is 7.11 Å². The molecule has 0 aliphatic heterocycles. The van der Waals surface area contributed by atoms with Crippen LogP contribution in [0.4, 0.5) is 22.0 Å². The summed E-state index contributed by atoms with van der Waals surface area (Å²) in [7, 11) is 1.27. The fraction of sp³-hybridized carbons (Fsp3) is 0.188. The van der Waals surface area contributed by atoms with Gasteiger partial charge in [0.05, 0.1) is 12.7 Å². The maximum Gasteiger partial charge on any atom is 0.416 e. The van der Waals surface area contributed by atoms with Crippen LogP contribution in [-0.2, 0) is 6.18 Å². The van der Waals surface area contributed by atoms with E-state index in [2.05, 4.69) is 0 Å². The Bertz CT molecular complexity index is 741. The number of ether oxygens (including phenoxy) is 2. The molecule has 0 N–H and O–H groups in total. The van der Waals surface area contributed by atoms with Gasteiger partial charge in [0, 0.05) is 11.1 Å². The summed E-state index contributed by atoms with van der Waals surface area (Å²) in [6.45, 7) is 0. The van der Waals surface area contributed by atoms with Gasteiger partial charge in [0.2, 0.25) is 0 Å². The summed E-state index contributed by atoms with van der Waals surface area (Å²) in [5, 5.41) is 0. The Labute approximate surface area is 133 Å². The third-order valence-corrected chi connectivity index (χ3v) is 3.06. The molecule has 0 amide bonds. The van der Waals surface area contributed by atoms with Crippen LogP contribution in [0, 0.1) is 0 Å². The summed E-state index contributed by atoms with van der Waals surface area (Å²) in [5.41, 5.74) is -1.81. The van der Waals surface area contributed by atoms with Gasteiger partial charge in [-0.05, 0) is 36.4 Å². The molecule has 0 aliphatic carbocycles. The van der Waals surface area contributed by atoms with Gasteiger partial charge in [0.25, 0.3) is 6.43 Å². The molecule has 128 valence electrons. The normalized spacial score (nSPS) is 11.5. The Balaban J connectivity index is 2.46. The first-order valence-corrected chi connectivity index (χ1v) is 6.56. The second-order valence-corrected chi connectivity index (χ2v) is 4.72. The number of halogens is 5. The largest absolute Gasteiger partial charge is 0.493 e. The number of hydrogen-bond acceptors (Lipinski definition) is 3. The van der Waals surface area contributed by atoms with Crippen LogP contribution in [0.15, 0.2) is 36.4 Å². The standard InChI is InChI=1S/C16H11F5O3/c1-23-14-4-9(8-22)2-3-13(14)24-12-6-10(15(17)18)5-11(7-12)16(19,20)21/h2-8,15H,1H3. The first-order valence-electron chi connectivity index (χ1n) is 6.56. The molecule has 0 bridgehead atoms. The third-order valence-electron chi connectivity index (χ3n) is 3.06. The second-order valence-electron chi connectivity index (χ2n) is 4.72. The van der Waals surface area contributed by atoms with Crippen molar-refractivity contribution in [2.45, 2.75) is 12.6 Å². The molecule has 0 fully saturated rings. The summed E-state index contributed by atoms with van der Waals surface area (Å²) in [4.78, 5) is 10.7. The van der Waals surface area contributed by atoms with Crippen LogP contribution in [0.5, 0.6) is 17.2 Å². The van der Waals surface area contributed by atoms with E-state index in [9.17, 15) is 26.7 Å².